The van der Waals surface area contributed by atoms with E-state index in [1.54, 1.807) is 12.3 Å². The maximum atomic E-state index is 12.2. The molecule has 0 aliphatic heterocycles. The van der Waals surface area contributed by atoms with Crippen molar-refractivity contribution >= 4 is 11.8 Å². The second-order valence-corrected chi connectivity index (χ2v) is 6.50. The van der Waals surface area contributed by atoms with Gasteiger partial charge in [-0.15, -0.1) is 0 Å². The fourth-order valence-electron chi connectivity index (χ4n) is 2.70. The van der Waals surface area contributed by atoms with Gasteiger partial charge in [-0.1, -0.05) is 28.9 Å². The smallest absolute Gasteiger partial charge is 0.273 e. The molecule has 0 aliphatic rings. The number of nitrogens with one attached hydrogen (secondary N) is 2. The van der Waals surface area contributed by atoms with Crippen LogP contribution in [0.15, 0.2) is 53.2 Å². The lowest BCUT2D eigenvalue weighted by molar-refractivity contribution is -0.120. The van der Waals surface area contributed by atoms with E-state index < -0.39 is 5.91 Å². The van der Waals surface area contributed by atoms with Gasteiger partial charge in [0.2, 0.25) is 5.91 Å². The number of rotatable bonds is 7. The van der Waals surface area contributed by atoms with E-state index >= 15 is 0 Å². The minimum absolute atomic E-state index is 0.132. The molecule has 1 aromatic carbocycles. The molecule has 2 heterocycles. The average Bonchev–Trinajstić information content (AvgIpc) is 3.19. The van der Waals surface area contributed by atoms with Gasteiger partial charge in [0.05, 0.1) is 6.54 Å². The van der Waals surface area contributed by atoms with Crippen LogP contribution in [-0.4, -0.2) is 35.0 Å². The molecule has 144 valence electrons. The molecule has 7 heteroatoms. The van der Waals surface area contributed by atoms with Crippen molar-refractivity contribution < 1.29 is 14.1 Å². The fourth-order valence-corrected chi connectivity index (χ4v) is 2.70. The lowest BCUT2D eigenvalue weighted by atomic mass is 10.0. The van der Waals surface area contributed by atoms with Crippen LogP contribution in [0.25, 0.3) is 11.3 Å². The molecule has 0 unspecified atom stereocenters. The van der Waals surface area contributed by atoms with Crippen LogP contribution in [0, 0.1) is 13.8 Å². The first-order valence-corrected chi connectivity index (χ1v) is 9.02. The number of nitrogens with zero attached hydrogens (tertiary/aromatic N) is 2. The van der Waals surface area contributed by atoms with Crippen molar-refractivity contribution in [1.82, 2.24) is 20.8 Å². The maximum Gasteiger partial charge on any atom is 0.273 e. The molecule has 3 rings (SSSR count). The Morgan fingerprint density at radius 2 is 1.93 bits per heavy atom. The summed E-state index contributed by atoms with van der Waals surface area (Å²) < 4.78 is 5.31. The van der Waals surface area contributed by atoms with Crippen molar-refractivity contribution in [2.75, 3.05) is 13.1 Å². The Morgan fingerprint density at radius 3 is 2.71 bits per heavy atom. The molecular formula is C21H22N4O3. The van der Waals surface area contributed by atoms with Crippen molar-refractivity contribution in [2.45, 2.75) is 20.3 Å². The van der Waals surface area contributed by atoms with Crippen molar-refractivity contribution in [2.24, 2.45) is 0 Å². The fraction of sp³-hybridized carbons (Fsp3) is 0.238. The van der Waals surface area contributed by atoms with E-state index in [9.17, 15) is 9.59 Å². The van der Waals surface area contributed by atoms with Crippen LogP contribution in [0.4, 0.5) is 0 Å². The van der Waals surface area contributed by atoms with Gasteiger partial charge < -0.3 is 15.2 Å². The molecule has 28 heavy (non-hydrogen) atoms. The number of hydrogen-bond donors (Lipinski definition) is 2. The van der Waals surface area contributed by atoms with Gasteiger partial charge in [-0.2, -0.15) is 0 Å². The summed E-state index contributed by atoms with van der Waals surface area (Å²) in [5.74, 6) is -0.214. The molecule has 0 radical (unpaired) electrons. The Balaban J connectivity index is 1.49. The summed E-state index contributed by atoms with van der Waals surface area (Å²) >= 11 is 0. The summed E-state index contributed by atoms with van der Waals surface area (Å²) in [6, 6.07) is 13.2. The van der Waals surface area contributed by atoms with Crippen molar-refractivity contribution in [3.05, 3.63) is 71.2 Å². The highest BCUT2D eigenvalue weighted by Crippen LogP contribution is 2.25. The molecule has 0 spiro atoms. The van der Waals surface area contributed by atoms with Gasteiger partial charge in [-0.3, -0.25) is 14.6 Å². The first-order valence-electron chi connectivity index (χ1n) is 9.02. The Bertz CT molecular complexity index is 967. The van der Waals surface area contributed by atoms with E-state index in [1.807, 2.05) is 50.2 Å². The first kappa shape index (κ1) is 19.3. The Hall–Kier alpha value is -3.48. The number of carbonyl (C=O) groups excluding carboxylic acids is 2. The molecule has 0 bridgehead atoms. The van der Waals surface area contributed by atoms with Crippen LogP contribution in [0.1, 0.15) is 27.3 Å². The van der Waals surface area contributed by atoms with E-state index in [0.717, 1.165) is 22.4 Å². The molecule has 2 N–H and O–H groups in total. The van der Waals surface area contributed by atoms with E-state index in [4.69, 9.17) is 4.52 Å². The van der Waals surface area contributed by atoms with Crippen LogP contribution < -0.4 is 10.6 Å². The SMILES string of the molecule is Cc1ccc(C)c(-c2cc(C(=O)NCC(=O)NCCc3ccccn3)no2)c1. The molecule has 0 aliphatic carbocycles. The van der Waals surface area contributed by atoms with E-state index in [-0.39, 0.29) is 18.1 Å². The third-order valence-electron chi connectivity index (χ3n) is 4.24. The van der Waals surface area contributed by atoms with E-state index in [1.165, 1.54) is 0 Å². The third-order valence-corrected chi connectivity index (χ3v) is 4.24. The number of aryl methyl sites for hydroxylation is 2. The van der Waals surface area contributed by atoms with E-state index in [2.05, 4.69) is 20.8 Å². The topological polar surface area (TPSA) is 97.1 Å². The standard InChI is InChI=1S/C21H22N4O3/c1-14-6-7-15(2)17(11-14)19-12-18(25-28-19)21(27)24-13-20(26)23-10-8-16-5-3-4-9-22-16/h3-7,9,11-12H,8,10,13H2,1-2H3,(H,23,26)(H,24,27). The monoisotopic (exact) mass is 378 g/mol. The lowest BCUT2D eigenvalue weighted by Crippen LogP contribution is -2.37. The second kappa shape index (κ2) is 8.94. The number of aromatic nitrogens is 2. The number of pyridine rings is 1. The predicted octanol–water partition coefficient (Wildman–Crippen LogP) is 2.44. The normalized spacial score (nSPS) is 10.5. The summed E-state index contributed by atoms with van der Waals surface area (Å²) in [5.41, 5.74) is 4.04. The average molecular weight is 378 g/mol. The summed E-state index contributed by atoms with van der Waals surface area (Å²) in [4.78, 5) is 28.3. The molecule has 3 aromatic rings. The predicted molar refractivity (Wildman–Crippen MR) is 105 cm³/mol. The van der Waals surface area contributed by atoms with Gasteiger partial charge in [-0.25, -0.2) is 0 Å². The van der Waals surface area contributed by atoms with Crippen molar-refractivity contribution in [3.8, 4) is 11.3 Å². The highest BCUT2D eigenvalue weighted by molar-refractivity contribution is 5.95. The third kappa shape index (κ3) is 5.03. The molecule has 0 saturated heterocycles. The quantitative estimate of drug-likeness (QED) is 0.658. The van der Waals surface area contributed by atoms with Gasteiger partial charge in [0.15, 0.2) is 11.5 Å². The zero-order valence-electron chi connectivity index (χ0n) is 15.9. The zero-order chi connectivity index (χ0) is 19.9. The Kier molecular flexibility index (Phi) is 6.16. The van der Waals surface area contributed by atoms with Crippen LogP contribution >= 0.6 is 0 Å². The maximum absolute atomic E-state index is 12.2. The number of carbonyl (C=O) groups is 2. The molecule has 0 saturated carbocycles. The van der Waals surface area contributed by atoms with Gasteiger partial charge in [-0.05, 0) is 37.6 Å². The van der Waals surface area contributed by atoms with Gasteiger partial charge >= 0.3 is 0 Å². The molecule has 7 nitrogen and oxygen atoms in total. The molecule has 0 atom stereocenters. The first-order chi connectivity index (χ1) is 13.5. The number of benzene rings is 1. The highest BCUT2D eigenvalue weighted by atomic mass is 16.5. The lowest BCUT2D eigenvalue weighted by Gasteiger charge is -2.05. The number of hydrogen-bond acceptors (Lipinski definition) is 5. The summed E-state index contributed by atoms with van der Waals surface area (Å²) in [7, 11) is 0. The largest absolute Gasteiger partial charge is 0.355 e. The summed E-state index contributed by atoms with van der Waals surface area (Å²) in [5, 5.41) is 9.11. The van der Waals surface area contributed by atoms with Crippen molar-refractivity contribution in [3.63, 3.8) is 0 Å². The molecular weight excluding hydrogens is 356 g/mol. The zero-order valence-corrected chi connectivity index (χ0v) is 15.9. The summed E-state index contributed by atoms with van der Waals surface area (Å²) in [6.45, 7) is 4.27. The van der Waals surface area contributed by atoms with Crippen LogP contribution in [-0.2, 0) is 11.2 Å². The Labute approximate surface area is 163 Å². The van der Waals surface area contributed by atoms with Crippen LogP contribution in [0.3, 0.4) is 0 Å². The van der Waals surface area contributed by atoms with Crippen LogP contribution in [0.2, 0.25) is 0 Å². The minimum atomic E-state index is -0.458. The van der Waals surface area contributed by atoms with Crippen LogP contribution in [0.5, 0.6) is 0 Å². The van der Waals surface area contributed by atoms with E-state index in [0.29, 0.717) is 18.7 Å². The highest BCUT2D eigenvalue weighted by Gasteiger charge is 2.15. The van der Waals surface area contributed by atoms with Gasteiger partial charge in [0, 0.05) is 36.5 Å². The second-order valence-electron chi connectivity index (χ2n) is 6.50. The molecule has 2 amide bonds. The summed E-state index contributed by atoms with van der Waals surface area (Å²) in [6.07, 6.45) is 2.34. The number of amides is 2. The van der Waals surface area contributed by atoms with Gasteiger partial charge in [0.25, 0.3) is 5.91 Å². The van der Waals surface area contributed by atoms with Gasteiger partial charge in [0.1, 0.15) is 0 Å². The Morgan fingerprint density at radius 1 is 1.07 bits per heavy atom. The molecule has 2 aromatic heterocycles. The van der Waals surface area contributed by atoms with Crippen molar-refractivity contribution in [1.29, 1.82) is 0 Å². The minimum Gasteiger partial charge on any atom is -0.355 e. The molecule has 0 fully saturated rings.